The molecule has 1 atom stereocenters. The molecule has 20 heavy (non-hydrogen) atoms. The summed E-state index contributed by atoms with van der Waals surface area (Å²) in [6, 6.07) is 2.43. The van der Waals surface area contributed by atoms with E-state index in [0.717, 1.165) is 12.3 Å². The number of aromatic nitrogens is 3. The zero-order valence-electron chi connectivity index (χ0n) is 10.6. The van der Waals surface area contributed by atoms with Crippen molar-refractivity contribution < 1.29 is 18.3 Å². The number of aromatic carboxylic acids is 1. The molecule has 8 nitrogen and oxygen atoms in total. The van der Waals surface area contributed by atoms with E-state index in [0.29, 0.717) is 6.54 Å². The molecule has 2 rings (SSSR count). The zero-order chi connectivity index (χ0) is 14.8. The fourth-order valence-electron chi connectivity index (χ4n) is 1.71. The van der Waals surface area contributed by atoms with E-state index in [9.17, 15) is 13.2 Å². The Bertz CT molecular complexity index is 690. The number of carboxylic acids is 1. The van der Waals surface area contributed by atoms with E-state index in [1.807, 2.05) is 0 Å². The molecule has 0 aliphatic heterocycles. The first kappa shape index (κ1) is 14.3. The van der Waals surface area contributed by atoms with Crippen LogP contribution in [0, 0.1) is 0 Å². The van der Waals surface area contributed by atoms with Crippen molar-refractivity contribution in [2.45, 2.75) is 24.4 Å². The number of rotatable bonds is 6. The highest BCUT2D eigenvalue weighted by Crippen LogP contribution is 2.11. The van der Waals surface area contributed by atoms with Crippen molar-refractivity contribution in [3.8, 4) is 0 Å². The first-order valence-electron chi connectivity index (χ1n) is 5.80. The second-order valence-electron chi connectivity index (χ2n) is 4.30. The highest BCUT2D eigenvalue weighted by atomic mass is 32.2. The van der Waals surface area contributed by atoms with Crippen LogP contribution < -0.4 is 4.72 Å². The van der Waals surface area contributed by atoms with E-state index < -0.39 is 16.0 Å². The molecule has 0 spiro atoms. The lowest BCUT2D eigenvalue weighted by Crippen LogP contribution is -2.35. The van der Waals surface area contributed by atoms with Crippen LogP contribution in [0.5, 0.6) is 0 Å². The lowest BCUT2D eigenvalue weighted by molar-refractivity contribution is 0.0691. The molecule has 9 heteroatoms. The van der Waals surface area contributed by atoms with Crippen molar-refractivity contribution in [2.24, 2.45) is 0 Å². The van der Waals surface area contributed by atoms with Crippen LogP contribution in [0.25, 0.3) is 0 Å². The molecule has 0 saturated carbocycles. The average Bonchev–Trinajstić information content (AvgIpc) is 2.97. The third-order valence-corrected chi connectivity index (χ3v) is 4.14. The minimum absolute atomic E-state index is 0.109. The van der Waals surface area contributed by atoms with Gasteiger partial charge in [0.15, 0.2) is 0 Å². The van der Waals surface area contributed by atoms with Crippen LogP contribution in [-0.2, 0) is 16.6 Å². The molecule has 0 saturated heterocycles. The molecule has 2 aromatic rings. The third-order valence-electron chi connectivity index (χ3n) is 2.57. The second kappa shape index (κ2) is 5.47. The minimum atomic E-state index is -3.76. The van der Waals surface area contributed by atoms with Crippen LogP contribution in [0.15, 0.2) is 35.6 Å². The Kier molecular flexibility index (Phi) is 3.91. The SMILES string of the molecule is CC(Cn1cccn1)NS(=O)(=O)c1c[nH]c(C(=O)O)c1. The number of aromatic amines is 1. The van der Waals surface area contributed by atoms with Crippen molar-refractivity contribution in [1.82, 2.24) is 19.5 Å². The van der Waals surface area contributed by atoms with Gasteiger partial charge in [0.25, 0.3) is 0 Å². The predicted octanol–water partition coefficient (Wildman–Crippen LogP) is 0.276. The molecule has 0 amide bonds. The highest BCUT2D eigenvalue weighted by Gasteiger charge is 2.20. The molecular formula is C11H14N4O4S. The number of nitrogens with zero attached hydrogens (tertiary/aromatic N) is 2. The number of hydrogen-bond acceptors (Lipinski definition) is 4. The van der Waals surface area contributed by atoms with Crippen LogP contribution in [0.2, 0.25) is 0 Å². The van der Waals surface area contributed by atoms with Crippen LogP contribution in [-0.4, -0.2) is 40.3 Å². The third kappa shape index (κ3) is 3.25. The molecule has 0 aliphatic rings. The summed E-state index contributed by atoms with van der Waals surface area (Å²) in [7, 11) is -3.76. The van der Waals surface area contributed by atoms with Crippen molar-refractivity contribution in [3.05, 3.63) is 36.4 Å². The lowest BCUT2D eigenvalue weighted by atomic mass is 10.4. The Morgan fingerprint density at radius 3 is 2.90 bits per heavy atom. The van der Waals surface area contributed by atoms with Gasteiger partial charge >= 0.3 is 5.97 Å². The number of sulfonamides is 1. The van der Waals surface area contributed by atoms with E-state index in [2.05, 4.69) is 14.8 Å². The molecule has 0 aliphatic carbocycles. The molecule has 0 radical (unpaired) electrons. The van der Waals surface area contributed by atoms with Crippen LogP contribution in [0.3, 0.4) is 0 Å². The van der Waals surface area contributed by atoms with E-state index in [1.54, 1.807) is 30.1 Å². The summed E-state index contributed by atoms with van der Waals surface area (Å²) in [4.78, 5) is 13.0. The van der Waals surface area contributed by atoms with Gasteiger partial charge in [-0.3, -0.25) is 4.68 Å². The standard InChI is InChI=1S/C11H14N4O4S/c1-8(7-15-4-2-3-13-15)14-20(18,19)9-5-10(11(16)17)12-6-9/h2-6,8,12,14H,7H2,1H3,(H,16,17). The van der Waals surface area contributed by atoms with E-state index >= 15 is 0 Å². The molecule has 0 bridgehead atoms. The van der Waals surface area contributed by atoms with E-state index in [1.165, 1.54) is 0 Å². The summed E-state index contributed by atoms with van der Waals surface area (Å²) < 4.78 is 28.2. The van der Waals surface area contributed by atoms with Crippen molar-refractivity contribution in [3.63, 3.8) is 0 Å². The minimum Gasteiger partial charge on any atom is -0.477 e. The fraction of sp³-hybridized carbons (Fsp3) is 0.273. The van der Waals surface area contributed by atoms with Gasteiger partial charge in [-0.1, -0.05) is 0 Å². The van der Waals surface area contributed by atoms with E-state index in [-0.39, 0.29) is 16.6 Å². The highest BCUT2D eigenvalue weighted by molar-refractivity contribution is 7.89. The summed E-state index contributed by atoms with van der Waals surface area (Å²) in [5.41, 5.74) is -0.176. The predicted molar refractivity (Wildman–Crippen MR) is 69.8 cm³/mol. The molecule has 1 unspecified atom stereocenters. The summed E-state index contributed by atoms with van der Waals surface area (Å²) >= 11 is 0. The average molecular weight is 298 g/mol. The number of H-pyrrole nitrogens is 1. The molecule has 3 N–H and O–H groups in total. The summed E-state index contributed by atoms with van der Waals surface area (Å²) in [6.07, 6.45) is 4.47. The summed E-state index contributed by atoms with van der Waals surface area (Å²) in [5.74, 6) is -1.21. The van der Waals surface area contributed by atoms with Crippen LogP contribution >= 0.6 is 0 Å². The number of carbonyl (C=O) groups is 1. The second-order valence-corrected chi connectivity index (χ2v) is 6.02. The Morgan fingerprint density at radius 1 is 1.60 bits per heavy atom. The topological polar surface area (TPSA) is 117 Å². The van der Waals surface area contributed by atoms with Crippen LogP contribution in [0.4, 0.5) is 0 Å². The Balaban J connectivity index is 2.08. The maximum absolute atomic E-state index is 12.1. The first-order valence-corrected chi connectivity index (χ1v) is 7.28. The number of nitrogens with one attached hydrogen (secondary N) is 2. The maximum atomic E-state index is 12.1. The molecule has 0 aromatic carbocycles. The molecule has 2 heterocycles. The van der Waals surface area contributed by atoms with Gasteiger partial charge in [-0.25, -0.2) is 17.9 Å². The first-order chi connectivity index (χ1) is 9.38. The smallest absolute Gasteiger partial charge is 0.352 e. The van der Waals surface area contributed by atoms with Crippen molar-refractivity contribution >= 4 is 16.0 Å². The van der Waals surface area contributed by atoms with Crippen molar-refractivity contribution in [1.29, 1.82) is 0 Å². The van der Waals surface area contributed by atoms with Gasteiger partial charge in [0.2, 0.25) is 10.0 Å². The van der Waals surface area contributed by atoms with Gasteiger partial charge in [0, 0.05) is 24.6 Å². The van der Waals surface area contributed by atoms with Crippen molar-refractivity contribution in [2.75, 3.05) is 0 Å². The monoisotopic (exact) mass is 298 g/mol. The van der Waals surface area contributed by atoms with E-state index in [4.69, 9.17) is 5.11 Å². The van der Waals surface area contributed by atoms with Gasteiger partial charge in [0.1, 0.15) is 10.6 Å². The maximum Gasteiger partial charge on any atom is 0.352 e. The van der Waals surface area contributed by atoms with Gasteiger partial charge in [-0.15, -0.1) is 0 Å². The number of hydrogen-bond donors (Lipinski definition) is 3. The summed E-state index contributed by atoms with van der Waals surface area (Å²) in [6.45, 7) is 2.08. The molecular weight excluding hydrogens is 284 g/mol. The van der Waals surface area contributed by atoms with Gasteiger partial charge in [-0.05, 0) is 19.1 Å². The lowest BCUT2D eigenvalue weighted by Gasteiger charge is -2.13. The molecule has 0 fully saturated rings. The largest absolute Gasteiger partial charge is 0.477 e. The Morgan fingerprint density at radius 2 is 2.35 bits per heavy atom. The normalized spacial score (nSPS) is 13.2. The molecule has 2 aromatic heterocycles. The van der Waals surface area contributed by atoms with Crippen LogP contribution in [0.1, 0.15) is 17.4 Å². The van der Waals surface area contributed by atoms with Gasteiger partial charge < -0.3 is 10.1 Å². The molecule has 108 valence electrons. The Labute approximate surface area is 115 Å². The summed E-state index contributed by atoms with van der Waals surface area (Å²) in [5, 5.41) is 12.7. The van der Waals surface area contributed by atoms with Gasteiger partial charge in [-0.2, -0.15) is 5.10 Å². The Hall–Kier alpha value is -2.13. The van der Waals surface area contributed by atoms with Gasteiger partial charge in [0.05, 0.1) is 6.54 Å². The number of carboxylic acid groups (broad SMARTS) is 1. The zero-order valence-corrected chi connectivity index (χ0v) is 11.5. The quantitative estimate of drug-likeness (QED) is 0.708. The fourth-order valence-corrected chi connectivity index (χ4v) is 2.94.